The van der Waals surface area contributed by atoms with Crippen LogP contribution in [0.2, 0.25) is 0 Å². The van der Waals surface area contributed by atoms with E-state index in [0.29, 0.717) is 36.5 Å². The average Bonchev–Trinajstić information content (AvgIpc) is 2.82. The molecular weight excluding hydrogens is 460 g/mol. The largest absolute Gasteiger partial charge is 0.354 e. The third kappa shape index (κ3) is 4.47. The van der Waals surface area contributed by atoms with Crippen molar-refractivity contribution in [2.75, 3.05) is 6.54 Å². The zero-order chi connectivity index (χ0) is 25.7. The van der Waals surface area contributed by atoms with Gasteiger partial charge in [-0.15, -0.1) is 0 Å². The van der Waals surface area contributed by atoms with Crippen molar-refractivity contribution in [2.45, 2.75) is 63.8 Å². The SMILES string of the molecule is CC(C)(C(=O)NCC(N)C1C2CC3CC1CC(C(=O)Cc1ccncc1)(C3)C2)c1ccc(F)cc1F. The highest BCUT2D eigenvalue weighted by Gasteiger charge is 2.58. The number of rotatable bonds is 8. The van der Waals surface area contributed by atoms with Crippen LogP contribution in [0.3, 0.4) is 0 Å². The number of amides is 1. The molecule has 192 valence electrons. The second-order valence-electron chi connectivity index (χ2n) is 11.9. The predicted octanol–water partition coefficient (Wildman–Crippen LogP) is 4.34. The van der Waals surface area contributed by atoms with Crippen LogP contribution in [0.1, 0.15) is 57.1 Å². The van der Waals surface area contributed by atoms with Gasteiger partial charge in [-0.1, -0.05) is 6.07 Å². The molecule has 4 bridgehead atoms. The summed E-state index contributed by atoms with van der Waals surface area (Å²) in [5.41, 5.74) is 6.45. The Labute approximate surface area is 211 Å². The summed E-state index contributed by atoms with van der Waals surface area (Å²) in [6.45, 7) is 3.56. The zero-order valence-electron chi connectivity index (χ0n) is 21.0. The number of aromatic nitrogens is 1. The van der Waals surface area contributed by atoms with Crippen LogP contribution in [-0.4, -0.2) is 29.3 Å². The zero-order valence-corrected chi connectivity index (χ0v) is 21.0. The number of halogens is 2. The number of carbonyl (C=O) groups excluding carboxylic acids is 2. The first-order valence-electron chi connectivity index (χ1n) is 13.0. The summed E-state index contributed by atoms with van der Waals surface area (Å²) in [7, 11) is 0. The van der Waals surface area contributed by atoms with Gasteiger partial charge in [0.25, 0.3) is 0 Å². The molecule has 0 saturated heterocycles. The Kier molecular flexibility index (Phi) is 6.48. The van der Waals surface area contributed by atoms with Crippen molar-refractivity contribution in [2.24, 2.45) is 34.8 Å². The van der Waals surface area contributed by atoms with Crippen LogP contribution in [0.25, 0.3) is 0 Å². The summed E-state index contributed by atoms with van der Waals surface area (Å²) in [5.74, 6) is 0.194. The van der Waals surface area contributed by atoms with Crippen LogP contribution in [0.4, 0.5) is 8.78 Å². The van der Waals surface area contributed by atoms with Crippen molar-refractivity contribution >= 4 is 11.7 Å². The highest BCUT2D eigenvalue weighted by Crippen LogP contribution is 2.63. The Morgan fingerprint density at radius 2 is 1.78 bits per heavy atom. The lowest BCUT2D eigenvalue weighted by atomic mass is 9.44. The first-order chi connectivity index (χ1) is 17.1. The number of ketones is 1. The van der Waals surface area contributed by atoms with Gasteiger partial charge < -0.3 is 11.1 Å². The van der Waals surface area contributed by atoms with E-state index in [1.54, 1.807) is 26.2 Å². The van der Waals surface area contributed by atoms with E-state index >= 15 is 0 Å². The van der Waals surface area contributed by atoms with E-state index in [-0.39, 0.29) is 28.8 Å². The van der Waals surface area contributed by atoms with Crippen LogP contribution < -0.4 is 11.1 Å². The van der Waals surface area contributed by atoms with Crippen molar-refractivity contribution < 1.29 is 18.4 Å². The molecule has 1 heterocycles. The van der Waals surface area contributed by atoms with E-state index in [2.05, 4.69) is 10.3 Å². The fourth-order valence-corrected chi connectivity index (χ4v) is 7.66. The van der Waals surface area contributed by atoms with Crippen molar-refractivity contribution in [1.82, 2.24) is 10.3 Å². The number of nitrogens with one attached hydrogen (secondary N) is 1. The topological polar surface area (TPSA) is 85.1 Å². The molecule has 0 radical (unpaired) electrons. The molecule has 4 aliphatic carbocycles. The van der Waals surface area contributed by atoms with Gasteiger partial charge in [-0.2, -0.15) is 0 Å². The number of pyridine rings is 1. The molecule has 2 aromatic rings. The number of hydrogen-bond donors (Lipinski definition) is 2. The fourth-order valence-electron chi connectivity index (χ4n) is 7.66. The van der Waals surface area contributed by atoms with Crippen molar-refractivity contribution in [1.29, 1.82) is 0 Å². The lowest BCUT2D eigenvalue weighted by Crippen LogP contribution is -2.60. The molecule has 5 nitrogen and oxygen atoms in total. The summed E-state index contributed by atoms with van der Waals surface area (Å²) in [4.78, 5) is 30.6. The Morgan fingerprint density at radius 1 is 1.11 bits per heavy atom. The quantitative estimate of drug-likeness (QED) is 0.571. The minimum absolute atomic E-state index is 0.152. The Bertz CT molecular complexity index is 1140. The second kappa shape index (κ2) is 9.33. The molecule has 3 unspecified atom stereocenters. The van der Waals surface area contributed by atoms with Crippen LogP contribution in [-0.2, 0) is 21.4 Å². The first kappa shape index (κ1) is 25.0. The van der Waals surface area contributed by atoms with Gasteiger partial charge in [0.2, 0.25) is 5.91 Å². The van der Waals surface area contributed by atoms with E-state index in [9.17, 15) is 18.4 Å². The average molecular weight is 496 g/mol. The maximum absolute atomic E-state index is 14.4. The highest BCUT2D eigenvalue weighted by atomic mass is 19.1. The lowest BCUT2D eigenvalue weighted by molar-refractivity contribution is -0.151. The van der Waals surface area contributed by atoms with Crippen molar-refractivity contribution in [3.63, 3.8) is 0 Å². The number of hydrogen-bond acceptors (Lipinski definition) is 4. The maximum Gasteiger partial charge on any atom is 0.230 e. The highest BCUT2D eigenvalue weighted by molar-refractivity contribution is 5.88. The van der Waals surface area contributed by atoms with Crippen LogP contribution in [0.15, 0.2) is 42.7 Å². The molecule has 4 aliphatic rings. The number of carbonyl (C=O) groups is 2. The fraction of sp³-hybridized carbons (Fsp3) is 0.552. The summed E-state index contributed by atoms with van der Waals surface area (Å²) < 4.78 is 27.7. The monoisotopic (exact) mass is 495 g/mol. The third-order valence-electron chi connectivity index (χ3n) is 9.22. The smallest absolute Gasteiger partial charge is 0.230 e. The number of benzene rings is 1. The van der Waals surface area contributed by atoms with Crippen LogP contribution >= 0.6 is 0 Å². The minimum atomic E-state index is -1.16. The minimum Gasteiger partial charge on any atom is -0.354 e. The van der Waals surface area contributed by atoms with Gasteiger partial charge in [-0.3, -0.25) is 14.6 Å². The summed E-state index contributed by atoms with van der Waals surface area (Å²) >= 11 is 0. The molecule has 7 heteroatoms. The van der Waals surface area contributed by atoms with Gasteiger partial charge in [-0.05, 0) is 93.4 Å². The van der Waals surface area contributed by atoms with E-state index in [1.807, 2.05) is 12.1 Å². The van der Waals surface area contributed by atoms with Crippen molar-refractivity contribution in [3.8, 4) is 0 Å². The second-order valence-corrected chi connectivity index (χ2v) is 11.9. The third-order valence-corrected chi connectivity index (χ3v) is 9.22. The van der Waals surface area contributed by atoms with Gasteiger partial charge >= 0.3 is 0 Å². The summed E-state index contributed by atoms with van der Waals surface area (Å²) in [5, 5.41) is 2.94. The van der Waals surface area contributed by atoms with Crippen molar-refractivity contribution in [3.05, 3.63) is 65.5 Å². The molecule has 0 aliphatic heterocycles. The van der Waals surface area contributed by atoms with Gasteiger partial charge in [-0.25, -0.2) is 8.78 Å². The van der Waals surface area contributed by atoms with E-state index in [1.165, 1.54) is 12.1 Å². The van der Waals surface area contributed by atoms with Gasteiger partial charge in [0.05, 0.1) is 5.41 Å². The number of nitrogens with zero attached hydrogens (tertiary/aromatic N) is 1. The molecule has 6 rings (SSSR count). The molecule has 4 saturated carbocycles. The summed E-state index contributed by atoms with van der Waals surface area (Å²) in [6, 6.07) is 6.89. The van der Waals surface area contributed by atoms with Crippen LogP contribution in [0.5, 0.6) is 0 Å². The standard InChI is InChI=1S/C29H35F2N3O2/c1-28(2,22-4-3-21(30)12-23(22)31)27(36)34-16-24(32)26-19-9-18-10-20(26)15-29(13-18,14-19)25(35)11-17-5-7-33-8-6-17/h3-8,12,18-20,24,26H,9-11,13-16,32H2,1-2H3,(H,34,36). The molecular formula is C29H35F2N3O2. The van der Waals surface area contributed by atoms with Gasteiger partial charge in [0, 0.05) is 48.4 Å². The summed E-state index contributed by atoms with van der Waals surface area (Å²) in [6.07, 6.45) is 8.86. The molecule has 1 aromatic carbocycles. The number of Topliss-reactive ketones (excluding diaryl/α,β-unsaturated/α-hetero) is 1. The van der Waals surface area contributed by atoms with Gasteiger partial charge in [0.15, 0.2) is 0 Å². The Morgan fingerprint density at radius 3 is 2.42 bits per heavy atom. The molecule has 36 heavy (non-hydrogen) atoms. The molecule has 4 fully saturated rings. The number of nitrogens with two attached hydrogens (primary N) is 1. The van der Waals surface area contributed by atoms with Crippen LogP contribution in [0, 0.1) is 40.7 Å². The molecule has 3 N–H and O–H groups in total. The predicted molar refractivity (Wildman–Crippen MR) is 133 cm³/mol. The lowest BCUT2D eigenvalue weighted by Gasteiger charge is -2.60. The first-order valence-corrected chi connectivity index (χ1v) is 13.0. The molecule has 1 amide bonds. The Hall–Kier alpha value is -2.67. The van der Waals surface area contributed by atoms with E-state index in [0.717, 1.165) is 43.7 Å². The normalized spacial score (nSPS) is 29.7. The van der Waals surface area contributed by atoms with E-state index in [4.69, 9.17) is 5.73 Å². The molecule has 0 spiro atoms. The van der Waals surface area contributed by atoms with Gasteiger partial charge in [0.1, 0.15) is 17.4 Å². The molecule has 1 aromatic heterocycles. The molecule has 3 atom stereocenters. The maximum atomic E-state index is 14.4. The Balaban J connectivity index is 1.24. The van der Waals surface area contributed by atoms with E-state index < -0.39 is 17.0 Å².